The van der Waals surface area contributed by atoms with Gasteiger partial charge in [0.15, 0.2) is 6.10 Å². The topological polar surface area (TPSA) is 112 Å². The van der Waals surface area contributed by atoms with Crippen molar-refractivity contribution in [3.63, 3.8) is 0 Å². The Bertz CT molecular complexity index is 840. The fourth-order valence-corrected chi connectivity index (χ4v) is 2.37. The van der Waals surface area contributed by atoms with E-state index in [0.29, 0.717) is 5.69 Å². The van der Waals surface area contributed by atoms with Crippen LogP contribution in [0.2, 0.25) is 0 Å². The first-order chi connectivity index (χ1) is 12.2. The minimum absolute atomic E-state index is 0.201. The number of nitro groups is 1. The summed E-state index contributed by atoms with van der Waals surface area (Å²) in [5, 5.41) is 13.4. The van der Waals surface area contributed by atoms with E-state index in [1.54, 1.807) is 0 Å². The molecule has 1 N–H and O–H groups in total. The predicted octanol–water partition coefficient (Wildman–Crippen LogP) is 3.80. The lowest BCUT2D eigenvalue weighted by atomic mass is 9.98. The molecule has 1 heterocycles. The second kappa shape index (κ2) is 7.81. The third kappa shape index (κ3) is 4.27. The summed E-state index contributed by atoms with van der Waals surface area (Å²) >= 11 is 0. The van der Waals surface area contributed by atoms with Gasteiger partial charge in [-0.05, 0) is 37.0 Å². The van der Waals surface area contributed by atoms with Gasteiger partial charge in [0.25, 0.3) is 5.91 Å². The number of carbonyl (C=O) groups is 2. The number of ether oxygens (including phenoxy) is 1. The van der Waals surface area contributed by atoms with Crippen molar-refractivity contribution in [2.45, 2.75) is 39.7 Å². The van der Waals surface area contributed by atoms with Crippen molar-refractivity contribution in [3.8, 4) is 0 Å². The number of hydrogen-bond donors (Lipinski definition) is 1. The number of amides is 1. The Labute approximate surface area is 150 Å². The third-order valence-corrected chi connectivity index (χ3v) is 3.80. The lowest BCUT2D eigenvalue weighted by molar-refractivity contribution is -0.402. The molecule has 0 aliphatic heterocycles. The van der Waals surface area contributed by atoms with E-state index in [-0.39, 0.29) is 11.7 Å². The summed E-state index contributed by atoms with van der Waals surface area (Å²) in [6.45, 7) is 7.31. The van der Waals surface area contributed by atoms with Crippen LogP contribution in [0.25, 0.3) is 0 Å². The maximum absolute atomic E-state index is 12.4. The van der Waals surface area contributed by atoms with Gasteiger partial charge in [-0.25, -0.2) is 4.79 Å². The van der Waals surface area contributed by atoms with Gasteiger partial charge >= 0.3 is 11.9 Å². The van der Waals surface area contributed by atoms with Gasteiger partial charge in [0.05, 0.1) is 6.07 Å². The molecular weight excluding hydrogens is 340 g/mol. The molecule has 0 saturated heterocycles. The Hall–Kier alpha value is -3.16. The van der Waals surface area contributed by atoms with E-state index >= 15 is 0 Å². The van der Waals surface area contributed by atoms with E-state index in [1.165, 1.54) is 6.92 Å². The highest BCUT2D eigenvalue weighted by atomic mass is 16.7. The van der Waals surface area contributed by atoms with Crippen molar-refractivity contribution >= 4 is 23.4 Å². The van der Waals surface area contributed by atoms with Crippen molar-refractivity contribution in [1.82, 2.24) is 0 Å². The molecule has 1 amide bonds. The Kier molecular flexibility index (Phi) is 5.76. The van der Waals surface area contributed by atoms with Crippen LogP contribution in [0.4, 0.5) is 11.6 Å². The second-order valence-electron chi connectivity index (χ2n) is 6.13. The summed E-state index contributed by atoms with van der Waals surface area (Å²) in [7, 11) is 0. The number of anilines is 1. The molecule has 0 fully saturated rings. The van der Waals surface area contributed by atoms with E-state index < -0.39 is 28.8 Å². The minimum Gasteiger partial charge on any atom is -0.447 e. The van der Waals surface area contributed by atoms with Gasteiger partial charge in [0.1, 0.15) is 4.92 Å². The number of hydrogen-bond acceptors (Lipinski definition) is 6. The molecule has 0 spiro atoms. The fraction of sp³-hybridized carbons (Fsp3) is 0.333. The predicted molar refractivity (Wildman–Crippen MR) is 94.1 cm³/mol. The third-order valence-electron chi connectivity index (χ3n) is 3.80. The highest BCUT2D eigenvalue weighted by Gasteiger charge is 2.24. The van der Waals surface area contributed by atoms with Gasteiger partial charge in [-0.15, -0.1) is 0 Å². The van der Waals surface area contributed by atoms with Crippen LogP contribution < -0.4 is 5.32 Å². The molecule has 0 saturated carbocycles. The number of nitrogens with one attached hydrogen (secondary N) is 1. The van der Waals surface area contributed by atoms with Crippen molar-refractivity contribution < 1.29 is 23.7 Å². The molecule has 0 unspecified atom stereocenters. The van der Waals surface area contributed by atoms with Gasteiger partial charge in [0, 0.05) is 5.69 Å². The molecule has 0 aliphatic rings. The van der Waals surface area contributed by atoms with E-state index in [2.05, 4.69) is 5.32 Å². The van der Waals surface area contributed by atoms with Crippen molar-refractivity contribution in [3.05, 3.63) is 57.3 Å². The largest absolute Gasteiger partial charge is 0.447 e. The Balaban J connectivity index is 2.08. The lowest BCUT2D eigenvalue weighted by Crippen LogP contribution is -2.30. The summed E-state index contributed by atoms with van der Waals surface area (Å²) in [5.41, 5.74) is 2.55. The number of nitrogens with zero attached hydrogens (tertiary/aromatic N) is 1. The molecular formula is C18H20N2O6. The van der Waals surface area contributed by atoms with Crippen LogP contribution in [0.1, 0.15) is 48.4 Å². The quantitative estimate of drug-likeness (QED) is 0.476. The average molecular weight is 360 g/mol. The summed E-state index contributed by atoms with van der Waals surface area (Å²) in [6.07, 6.45) is -1.11. The Morgan fingerprint density at radius 2 is 1.88 bits per heavy atom. The molecule has 8 nitrogen and oxygen atoms in total. The SMILES string of the molecule is Cc1cccc(C(C)C)c1NC(=O)[C@@H](C)OC(=O)c1ccc([N+](=O)[O-])o1. The van der Waals surface area contributed by atoms with Crippen LogP contribution in [-0.2, 0) is 9.53 Å². The number of furan rings is 1. The molecule has 1 aromatic carbocycles. The molecule has 0 aliphatic carbocycles. The van der Waals surface area contributed by atoms with Crippen LogP contribution in [0.15, 0.2) is 34.7 Å². The summed E-state index contributed by atoms with van der Waals surface area (Å²) in [5.74, 6) is -2.16. The second-order valence-corrected chi connectivity index (χ2v) is 6.13. The molecule has 138 valence electrons. The van der Waals surface area contributed by atoms with Crippen LogP contribution >= 0.6 is 0 Å². The number of rotatable bonds is 6. The van der Waals surface area contributed by atoms with Gasteiger partial charge in [-0.2, -0.15) is 0 Å². The zero-order valence-corrected chi connectivity index (χ0v) is 14.9. The van der Waals surface area contributed by atoms with Gasteiger partial charge in [-0.1, -0.05) is 32.0 Å². The van der Waals surface area contributed by atoms with Crippen molar-refractivity contribution in [2.24, 2.45) is 0 Å². The van der Waals surface area contributed by atoms with E-state index in [9.17, 15) is 19.7 Å². The van der Waals surface area contributed by atoms with Crippen molar-refractivity contribution in [1.29, 1.82) is 0 Å². The smallest absolute Gasteiger partial charge is 0.433 e. The maximum Gasteiger partial charge on any atom is 0.433 e. The highest BCUT2D eigenvalue weighted by Crippen LogP contribution is 2.27. The molecule has 0 radical (unpaired) electrons. The van der Waals surface area contributed by atoms with Crippen molar-refractivity contribution in [2.75, 3.05) is 5.32 Å². The van der Waals surface area contributed by atoms with Crippen LogP contribution in [0.5, 0.6) is 0 Å². The monoisotopic (exact) mass is 360 g/mol. The van der Waals surface area contributed by atoms with E-state index in [1.807, 2.05) is 39.0 Å². The molecule has 1 aromatic heterocycles. The number of esters is 1. The number of para-hydroxylation sites is 1. The standard InChI is InChI=1S/C18H20N2O6/c1-10(2)13-7-5-6-11(3)16(13)19-17(21)12(4)25-18(22)14-8-9-15(26-14)20(23)24/h5-10,12H,1-4H3,(H,19,21)/t12-/m1/s1. The average Bonchev–Trinajstić information content (AvgIpc) is 3.06. The van der Waals surface area contributed by atoms with Gasteiger partial charge in [0.2, 0.25) is 5.76 Å². The zero-order valence-electron chi connectivity index (χ0n) is 14.9. The molecule has 26 heavy (non-hydrogen) atoms. The van der Waals surface area contributed by atoms with E-state index in [0.717, 1.165) is 23.3 Å². The zero-order chi connectivity index (χ0) is 19.4. The Morgan fingerprint density at radius 1 is 1.19 bits per heavy atom. The van der Waals surface area contributed by atoms with Crippen LogP contribution in [0, 0.1) is 17.0 Å². The first-order valence-corrected chi connectivity index (χ1v) is 8.06. The Morgan fingerprint density at radius 3 is 2.46 bits per heavy atom. The molecule has 1 atom stereocenters. The van der Waals surface area contributed by atoms with Crippen LogP contribution in [0.3, 0.4) is 0 Å². The number of carbonyl (C=O) groups excluding carboxylic acids is 2. The fourth-order valence-electron chi connectivity index (χ4n) is 2.37. The molecule has 8 heteroatoms. The van der Waals surface area contributed by atoms with Crippen LogP contribution in [-0.4, -0.2) is 22.9 Å². The minimum atomic E-state index is -1.11. The summed E-state index contributed by atoms with van der Waals surface area (Å²) < 4.78 is 9.81. The molecule has 2 aromatic rings. The van der Waals surface area contributed by atoms with Gasteiger partial charge in [-0.3, -0.25) is 14.9 Å². The number of benzene rings is 1. The normalized spacial score (nSPS) is 11.9. The maximum atomic E-state index is 12.4. The first kappa shape index (κ1) is 19.2. The first-order valence-electron chi connectivity index (χ1n) is 8.06. The summed E-state index contributed by atoms with van der Waals surface area (Å²) in [6, 6.07) is 7.88. The lowest BCUT2D eigenvalue weighted by Gasteiger charge is -2.18. The molecule has 0 bridgehead atoms. The number of aryl methyl sites for hydroxylation is 1. The molecule has 2 rings (SSSR count). The van der Waals surface area contributed by atoms with E-state index in [4.69, 9.17) is 9.15 Å². The highest BCUT2D eigenvalue weighted by molar-refractivity contribution is 5.97. The summed E-state index contributed by atoms with van der Waals surface area (Å²) in [4.78, 5) is 34.2. The van der Waals surface area contributed by atoms with Gasteiger partial charge < -0.3 is 14.5 Å².